The van der Waals surface area contributed by atoms with Crippen LogP contribution in [-0.2, 0) is 11.3 Å². The van der Waals surface area contributed by atoms with Crippen LogP contribution < -0.4 is 10.4 Å². The SMILES string of the molecule is COc1ccc(C2=NN(C(=O)Cn3nnn(-c4ccccc4)c3=O)[C@@H](c3ccco3)C2)cc1. The first kappa shape index (κ1) is 20.4. The summed E-state index contributed by atoms with van der Waals surface area (Å²) in [4.78, 5) is 26.0. The molecule has 5 rings (SSSR count). The predicted molar refractivity (Wildman–Crippen MR) is 118 cm³/mol. The molecule has 0 N–H and O–H groups in total. The Morgan fingerprint density at radius 2 is 1.85 bits per heavy atom. The largest absolute Gasteiger partial charge is 0.497 e. The first-order valence-corrected chi connectivity index (χ1v) is 10.3. The van der Waals surface area contributed by atoms with Crippen LogP contribution in [0.2, 0.25) is 0 Å². The van der Waals surface area contributed by atoms with E-state index in [1.165, 1.54) is 5.01 Å². The molecule has 33 heavy (non-hydrogen) atoms. The van der Waals surface area contributed by atoms with Gasteiger partial charge in [0.2, 0.25) is 0 Å². The highest BCUT2D eigenvalue weighted by Gasteiger charge is 2.35. The van der Waals surface area contributed by atoms with E-state index in [1.807, 2.05) is 30.3 Å². The highest BCUT2D eigenvalue weighted by atomic mass is 16.5. The van der Waals surface area contributed by atoms with Crippen molar-refractivity contribution in [3.8, 4) is 11.4 Å². The Balaban J connectivity index is 1.42. The van der Waals surface area contributed by atoms with Gasteiger partial charge in [0.05, 0.1) is 24.8 Å². The molecule has 1 aliphatic rings. The fraction of sp³-hybridized carbons (Fsp3) is 0.174. The van der Waals surface area contributed by atoms with Crippen LogP contribution in [0.4, 0.5) is 0 Å². The van der Waals surface area contributed by atoms with E-state index in [0.717, 1.165) is 26.4 Å². The average Bonchev–Trinajstić information content (AvgIpc) is 3.60. The minimum absolute atomic E-state index is 0.303. The quantitative estimate of drug-likeness (QED) is 0.452. The highest BCUT2D eigenvalue weighted by Crippen LogP contribution is 2.33. The summed E-state index contributed by atoms with van der Waals surface area (Å²) >= 11 is 0. The maximum atomic E-state index is 13.2. The Bertz CT molecular complexity index is 1340. The van der Waals surface area contributed by atoms with Gasteiger partial charge in [0.15, 0.2) is 0 Å². The second-order valence-corrected chi connectivity index (χ2v) is 7.42. The molecule has 0 fully saturated rings. The van der Waals surface area contributed by atoms with Gasteiger partial charge in [-0.2, -0.15) is 14.5 Å². The number of methoxy groups -OCH3 is 1. The number of hydrazone groups is 1. The lowest BCUT2D eigenvalue weighted by molar-refractivity contribution is -0.134. The van der Waals surface area contributed by atoms with Crippen molar-refractivity contribution in [1.29, 1.82) is 0 Å². The van der Waals surface area contributed by atoms with Crippen LogP contribution in [0.3, 0.4) is 0 Å². The smallest absolute Gasteiger partial charge is 0.368 e. The second-order valence-electron chi connectivity index (χ2n) is 7.42. The molecule has 0 unspecified atom stereocenters. The number of para-hydroxylation sites is 1. The number of carbonyl (C=O) groups is 1. The van der Waals surface area contributed by atoms with Gasteiger partial charge in [-0.05, 0) is 64.5 Å². The van der Waals surface area contributed by atoms with E-state index >= 15 is 0 Å². The van der Waals surface area contributed by atoms with Crippen LogP contribution in [0.1, 0.15) is 23.8 Å². The third kappa shape index (κ3) is 3.93. The number of rotatable bonds is 6. The van der Waals surface area contributed by atoms with Crippen LogP contribution >= 0.6 is 0 Å². The van der Waals surface area contributed by atoms with Gasteiger partial charge in [-0.1, -0.05) is 18.2 Å². The lowest BCUT2D eigenvalue weighted by Gasteiger charge is -2.19. The number of aromatic nitrogens is 4. The van der Waals surface area contributed by atoms with Crippen molar-refractivity contribution in [3.63, 3.8) is 0 Å². The van der Waals surface area contributed by atoms with Gasteiger partial charge in [-0.25, -0.2) is 9.80 Å². The molecular formula is C23H20N6O4. The van der Waals surface area contributed by atoms with Crippen molar-refractivity contribution < 1.29 is 13.9 Å². The van der Waals surface area contributed by atoms with Crippen LogP contribution in [0.15, 0.2) is 87.3 Å². The number of hydrogen-bond acceptors (Lipinski definition) is 7. The van der Waals surface area contributed by atoms with Crippen LogP contribution in [-0.4, -0.2) is 43.5 Å². The minimum atomic E-state index is -0.511. The van der Waals surface area contributed by atoms with E-state index in [1.54, 1.807) is 49.8 Å². The van der Waals surface area contributed by atoms with Crippen molar-refractivity contribution in [3.05, 3.63) is 94.8 Å². The minimum Gasteiger partial charge on any atom is -0.497 e. The Morgan fingerprint density at radius 1 is 1.06 bits per heavy atom. The van der Waals surface area contributed by atoms with E-state index in [9.17, 15) is 9.59 Å². The zero-order chi connectivity index (χ0) is 22.8. The molecule has 4 aromatic rings. The number of hydrogen-bond donors (Lipinski definition) is 0. The summed E-state index contributed by atoms with van der Waals surface area (Å²) in [6, 6.07) is 19.5. The van der Waals surface area contributed by atoms with Crippen LogP contribution in [0.5, 0.6) is 5.75 Å². The van der Waals surface area contributed by atoms with Crippen molar-refractivity contribution in [1.82, 2.24) is 24.8 Å². The van der Waals surface area contributed by atoms with Gasteiger partial charge in [-0.15, -0.1) is 0 Å². The summed E-state index contributed by atoms with van der Waals surface area (Å²) < 4.78 is 13.0. The van der Waals surface area contributed by atoms with Crippen molar-refractivity contribution in [2.24, 2.45) is 5.10 Å². The molecule has 166 valence electrons. The zero-order valence-corrected chi connectivity index (χ0v) is 17.7. The van der Waals surface area contributed by atoms with Gasteiger partial charge in [0, 0.05) is 6.42 Å². The summed E-state index contributed by atoms with van der Waals surface area (Å²) in [5.74, 6) is 0.937. The van der Waals surface area contributed by atoms with Crippen molar-refractivity contribution in [2.75, 3.05) is 7.11 Å². The molecule has 1 atom stereocenters. The maximum absolute atomic E-state index is 13.2. The molecule has 1 aliphatic heterocycles. The number of amides is 1. The molecule has 0 saturated heterocycles. The van der Waals surface area contributed by atoms with Crippen molar-refractivity contribution in [2.45, 2.75) is 19.0 Å². The lowest BCUT2D eigenvalue weighted by Crippen LogP contribution is -2.34. The fourth-order valence-electron chi connectivity index (χ4n) is 3.71. The summed E-state index contributed by atoms with van der Waals surface area (Å²) in [6.45, 7) is -0.303. The third-order valence-corrected chi connectivity index (χ3v) is 5.39. The van der Waals surface area contributed by atoms with E-state index in [-0.39, 0.29) is 6.54 Å². The Hall–Kier alpha value is -4.47. The maximum Gasteiger partial charge on any atom is 0.368 e. The summed E-state index contributed by atoms with van der Waals surface area (Å²) in [5, 5.41) is 13.7. The van der Waals surface area contributed by atoms with Gasteiger partial charge in [-0.3, -0.25) is 4.79 Å². The highest BCUT2D eigenvalue weighted by molar-refractivity contribution is 6.03. The molecule has 0 bridgehead atoms. The number of tetrazole rings is 1. The van der Waals surface area contributed by atoms with E-state index in [0.29, 0.717) is 17.9 Å². The molecule has 0 spiro atoms. The van der Waals surface area contributed by atoms with E-state index in [4.69, 9.17) is 9.15 Å². The summed E-state index contributed by atoms with van der Waals surface area (Å²) in [7, 11) is 1.60. The Morgan fingerprint density at radius 3 is 2.55 bits per heavy atom. The number of ether oxygens (including phenoxy) is 1. The van der Waals surface area contributed by atoms with Crippen LogP contribution in [0.25, 0.3) is 5.69 Å². The molecule has 10 heteroatoms. The van der Waals surface area contributed by atoms with Gasteiger partial charge < -0.3 is 9.15 Å². The number of nitrogens with zero attached hydrogens (tertiary/aromatic N) is 6. The summed E-state index contributed by atoms with van der Waals surface area (Å²) in [6.07, 6.45) is 2.02. The standard InChI is InChI=1S/C23H20N6O4/c1-32-18-11-9-16(10-12-18)19-14-20(21-8-5-13-33-21)29(24-19)22(30)15-27-23(31)28(26-25-27)17-6-3-2-4-7-17/h2-13,20H,14-15H2,1H3/t20-/m1/s1. The molecule has 10 nitrogen and oxygen atoms in total. The topological polar surface area (TPSA) is 108 Å². The number of benzene rings is 2. The van der Waals surface area contributed by atoms with Crippen molar-refractivity contribution >= 4 is 11.6 Å². The molecule has 1 amide bonds. The molecule has 0 saturated carbocycles. The normalized spacial score (nSPS) is 15.5. The lowest BCUT2D eigenvalue weighted by atomic mass is 10.0. The number of carbonyl (C=O) groups excluding carboxylic acids is 1. The Labute approximate surface area is 188 Å². The zero-order valence-electron chi connectivity index (χ0n) is 17.7. The molecule has 2 aromatic carbocycles. The monoisotopic (exact) mass is 444 g/mol. The first-order chi connectivity index (χ1) is 16.1. The van der Waals surface area contributed by atoms with Gasteiger partial charge >= 0.3 is 5.69 Å². The molecule has 2 aromatic heterocycles. The molecule has 0 aliphatic carbocycles. The number of furan rings is 1. The fourth-order valence-corrected chi connectivity index (χ4v) is 3.71. The van der Waals surface area contributed by atoms with E-state index in [2.05, 4.69) is 15.5 Å². The van der Waals surface area contributed by atoms with Crippen LogP contribution in [0, 0.1) is 0 Å². The molecule has 0 radical (unpaired) electrons. The second kappa shape index (κ2) is 8.58. The molecular weight excluding hydrogens is 424 g/mol. The Kier molecular flexibility index (Phi) is 5.31. The average molecular weight is 444 g/mol. The third-order valence-electron chi connectivity index (χ3n) is 5.39. The molecule has 3 heterocycles. The van der Waals surface area contributed by atoms with Gasteiger partial charge in [0.25, 0.3) is 5.91 Å². The van der Waals surface area contributed by atoms with E-state index < -0.39 is 17.6 Å². The predicted octanol–water partition coefficient (Wildman–Crippen LogP) is 2.41. The van der Waals surface area contributed by atoms with Gasteiger partial charge in [0.1, 0.15) is 24.1 Å². The first-order valence-electron chi connectivity index (χ1n) is 10.3. The summed E-state index contributed by atoms with van der Waals surface area (Å²) in [5.41, 5.74) is 1.65.